The highest BCUT2D eigenvalue weighted by Gasteiger charge is 2.31. The zero-order valence-electron chi connectivity index (χ0n) is 15.5. The number of benzene rings is 2. The fraction of sp³-hybridized carbons (Fsp3) is 0.333. The molecule has 27 heavy (non-hydrogen) atoms. The van der Waals surface area contributed by atoms with Crippen LogP contribution in [-0.4, -0.2) is 40.1 Å². The molecule has 0 aliphatic carbocycles. The minimum Gasteiger partial charge on any atom is -0.492 e. The smallest absolute Gasteiger partial charge is 0.239 e. The first-order chi connectivity index (χ1) is 13.0. The molecule has 0 saturated carbocycles. The Bertz CT molecular complexity index is 880. The Labute approximate surface area is 161 Å². The SMILES string of the molecule is CC(=O)c1ccccc1OCC[S@](=O)CC(=O)N1c2ccccc2C[C@@H]1C. The van der Waals surface area contributed by atoms with Gasteiger partial charge in [0.1, 0.15) is 11.5 Å². The number of rotatable bonds is 7. The number of ether oxygens (including phenoxy) is 1. The van der Waals surface area contributed by atoms with Crippen molar-refractivity contribution in [3.8, 4) is 5.75 Å². The van der Waals surface area contributed by atoms with Crippen molar-refractivity contribution >= 4 is 28.2 Å². The summed E-state index contributed by atoms with van der Waals surface area (Å²) in [6.07, 6.45) is 0.819. The van der Waals surface area contributed by atoms with Crippen LogP contribution in [0.3, 0.4) is 0 Å². The fourth-order valence-electron chi connectivity index (χ4n) is 3.35. The number of carbonyl (C=O) groups excluding carboxylic acids is 2. The molecule has 0 aromatic heterocycles. The number of carbonyl (C=O) groups is 2. The molecule has 1 aliphatic heterocycles. The van der Waals surface area contributed by atoms with Gasteiger partial charge in [0, 0.05) is 22.5 Å². The Kier molecular flexibility index (Phi) is 6.06. The molecule has 0 fully saturated rings. The highest BCUT2D eigenvalue weighted by Crippen LogP contribution is 2.31. The van der Waals surface area contributed by atoms with E-state index >= 15 is 0 Å². The quantitative estimate of drug-likeness (QED) is 0.688. The average molecular weight is 385 g/mol. The van der Waals surface area contributed by atoms with Crippen LogP contribution in [0.5, 0.6) is 5.75 Å². The first kappa shape index (κ1) is 19.3. The van der Waals surface area contributed by atoms with E-state index < -0.39 is 10.8 Å². The van der Waals surface area contributed by atoms with Gasteiger partial charge in [-0.3, -0.25) is 13.8 Å². The monoisotopic (exact) mass is 385 g/mol. The molecule has 0 spiro atoms. The average Bonchev–Trinajstić information content (AvgIpc) is 2.97. The molecule has 3 rings (SSSR count). The maximum atomic E-state index is 12.7. The van der Waals surface area contributed by atoms with Crippen LogP contribution in [0.2, 0.25) is 0 Å². The van der Waals surface area contributed by atoms with Gasteiger partial charge in [-0.25, -0.2) is 0 Å². The van der Waals surface area contributed by atoms with Gasteiger partial charge in [0.05, 0.1) is 17.9 Å². The van der Waals surface area contributed by atoms with Crippen LogP contribution in [0.25, 0.3) is 0 Å². The van der Waals surface area contributed by atoms with Crippen LogP contribution < -0.4 is 9.64 Å². The van der Waals surface area contributed by atoms with Gasteiger partial charge in [0.15, 0.2) is 5.78 Å². The number of Topliss-reactive ketones (excluding diaryl/α,β-unsaturated/α-hetero) is 1. The van der Waals surface area contributed by atoms with Crippen molar-refractivity contribution in [1.29, 1.82) is 0 Å². The maximum absolute atomic E-state index is 12.7. The van der Waals surface area contributed by atoms with Crippen LogP contribution in [0, 0.1) is 0 Å². The molecule has 1 amide bonds. The Morgan fingerprint density at radius 2 is 1.85 bits per heavy atom. The lowest BCUT2D eigenvalue weighted by molar-refractivity contribution is -0.116. The number of amides is 1. The third-order valence-corrected chi connectivity index (χ3v) is 5.79. The second-order valence-corrected chi connectivity index (χ2v) is 8.21. The van der Waals surface area contributed by atoms with E-state index in [1.165, 1.54) is 6.92 Å². The standard InChI is InChI=1S/C21H23NO4S/c1-15-13-17-7-3-5-9-19(17)22(15)21(24)14-27(25)12-11-26-20-10-6-4-8-18(20)16(2)23/h3-10,15H,11-14H2,1-2H3/t15-,27-/m0/s1. The molecular formula is C21H23NO4S. The van der Waals surface area contributed by atoms with Gasteiger partial charge in [-0.2, -0.15) is 0 Å². The Hall–Kier alpha value is -2.47. The van der Waals surface area contributed by atoms with Crippen molar-refractivity contribution in [2.24, 2.45) is 0 Å². The molecular weight excluding hydrogens is 362 g/mol. The van der Waals surface area contributed by atoms with Gasteiger partial charge in [-0.1, -0.05) is 30.3 Å². The highest BCUT2D eigenvalue weighted by atomic mass is 32.2. The lowest BCUT2D eigenvalue weighted by atomic mass is 10.1. The molecule has 142 valence electrons. The lowest BCUT2D eigenvalue weighted by Gasteiger charge is -2.22. The van der Waals surface area contributed by atoms with Crippen LogP contribution in [0.4, 0.5) is 5.69 Å². The lowest BCUT2D eigenvalue weighted by Crippen LogP contribution is -2.39. The number of nitrogens with zero attached hydrogens (tertiary/aromatic N) is 1. The van der Waals surface area contributed by atoms with Crippen molar-refractivity contribution in [3.05, 3.63) is 59.7 Å². The van der Waals surface area contributed by atoms with E-state index in [9.17, 15) is 13.8 Å². The van der Waals surface area contributed by atoms with Gasteiger partial charge in [0.25, 0.3) is 0 Å². The molecule has 0 radical (unpaired) electrons. The number of hydrogen-bond donors (Lipinski definition) is 0. The van der Waals surface area contributed by atoms with Gasteiger partial charge in [-0.05, 0) is 44.0 Å². The van der Waals surface area contributed by atoms with Crippen LogP contribution in [-0.2, 0) is 22.0 Å². The second kappa shape index (κ2) is 8.48. The number of ketones is 1. The third-order valence-electron chi connectivity index (χ3n) is 4.60. The molecule has 0 N–H and O–H groups in total. The minimum absolute atomic E-state index is 0.0314. The van der Waals surface area contributed by atoms with Crippen molar-refractivity contribution in [2.75, 3.05) is 23.0 Å². The molecule has 2 aromatic carbocycles. The predicted molar refractivity (Wildman–Crippen MR) is 107 cm³/mol. The van der Waals surface area contributed by atoms with Crippen molar-refractivity contribution in [2.45, 2.75) is 26.3 Å². The minimum atomic E-state index is -1.33. The van der Waals surface area contributed by atoms with Crippen LogP contribution in [0.1, 0.15) is 29.8 Å². The zero-order chi connectivity index (χ0) is 19.4. The molecule has 0 saturated heterocycles. The third kappa shape index (κ3) is 4.45. The zero-order valence-corrected chi connectivity index (χ0v) is 16.3. The number of fused-ring (bicyclic) bond motifs is 1. The van der Waals surface area contributed by atoms with Gasteiger partial charge in [0.2, 0.25) is 5.91 Å². The van der Waals surface area contributed by atoms with Crippen LogP contribution >= 0.6 is 0 Å². The van der Waals surface area contributed by atoms with Gasteiger partial charge < -0.3 is 9.64 Å². The van der Waals surface area contributed by atoms with Gasteiger partial charge >= 0.3 is 0 Å². The number of anilines is 1. The van der Waals surface area contributed by atoms with E-state index in [0.717, 1.165) is 17.7 Å². The normalized spacial score (nSPS) is 16.7. The number of hydrogen-bond acceptors (Lipinski definition) is 4. The molecule has 2 aromatic rings. The predicted octanol–water partition coefficient (Wildman–Crippen LogP) is 2.99. The summed E-state index contributed by atoms with van der Waals surface area (Å²) in [5.74, 6) is 0.479. The molecule has 1 heterocycles. The summed E-state index contributed by atoms with van der Waals surface area (Å²) in [5, 5.41) is 0. The summed E-state index contributed by atoms with van der Waals surface area (Å²) in [6, 6.07) is 14.9. The highest BCUT2D eigenvalue weighted by molar-refractivity contribution is 7.85. The van der Waals surface area contributed by atoms with Crippen molar-refractivity contribution in [1.82, 2.24) is 0 Å². The molecule has 2 atom stereocenters. The van der Waals surface area contributed by atoms with Gasteiger partial charge in [-0.15, -0.1) is 0 Å². The molecule has 1 aliphatic rings. The van der Waals surface area contributed by atoms with E-state index in [1.807, 2.05) is 31.2 Å². The van der Waals surface area contributed by atoms with E-state index in [4.69, 9.17) is 4.74 Å². The Morgan fingerprint density at radius 3 is 2.63 bits per heavy atom. The topological polar surface area (TPSA) is 63.7 Å². The number of para-hydroxylation sites is 2. The first-order valence-electron chi connectivity index (χ1n) is 8.95. The largest absolute Gasteiger partial charge is 0.492 e. The summed E-state index contributed by atoms with van der Waals surface area (Å²) in [4.78, 5) is 26.0. The van der Waals surface area contributed by atoms with E-state index in [2.05, 4.69) is 0 Å². The summed E-state index contributed by atoms with van der Waals surface area (Å²) in [5.41, 5.74) is 2.56. The summed E-state index contributed by atoms with van der Waals surface area (Å²) >= 11 is 0. The maximum Gasteiger partial charge on any atom is 0.239 e. The van der Waals surface area contributed by atoms with Crippen LogP contribution in [0.15, 0.2) is 48.5 Å². The van der Waals surface area contributed by atoms with Crippen molar-refractivity contribution in [3.63, 3.8) is 0 Å². The summed E-state index contributed by atoms with van der Waals surface area (Å²) in [6.45, 7) is 3.67. The molecule has 6 heteroatoms. The molecule has 5 nitrogen and oxygen atoms in total. The Balaban J connectivity index is 1.54. The summed E-state index contributed by atoms with van der Waals surface area (Å²) < 4.78 is 18.0. The molecule has 0 bridgehead atoms. The van der Waals surface area contributed by atoms with E-state index in [0.29, 0.717) is 11.3 Å². The first-order valence-corrected chi connectivity index (χ1v) is 10.4. The van der Waals surface area contributed by atoms with Crippen molar-refractivity contribution < 1.29 is 18.5 Å². The molecule has 0 unspecified atom stereocenters. The van der Waals surface area contributed by atoms with E-state index in [1.54, 1.807) is 29.2 Å². The summed E-state index contributed by atoms with van der Waals surface area (Å²) in [7, 11) is -1.33. The Morgan fingerprint density at radius 1 is 1.15 bits per heavy atom. The second-order valence-electron chi connectivity index (χ2n) is 6.63. The van der Waals surface area contributed by atoms with E-state index in [-0.39, 0.29) is 35.8 Å². The fourth-order valence-corrected chi connectivity index (χ4v) is 4.18.